The lowest BCUT2D eigenvalue weighted by molar-refractivity contribution is 0.978. The van der Waals surface area contributed by atoms with Crippen LogP contribution >= 0.6 is 0 Å². The molecule has 6 nitrogen and oxygen atoms in total. The molecule has 0 fully saturated rings. The van der Waals surface area contributed by atoms with Crippen molar-refractivity contribution in [2.45, 2.75) is 20.4 Å². The number of hydrogen-bond acceptors (Lipinski definition) is 6. The molecule has 0 aliphatic heterocycles. The number of nitrogens with two attached hydrogens (primary N) is 1. The minimum absolute atomic E-state index is 0.613. The first kappa shape index (κ1) is 12.3. The quantitative estimate of drug-likeness (QED) is 0.556. The Kier molecular flexibility index (Phi) is 3.69. The number of nitrogens with zero attached hydrogens (tertiary/aromatic N) is 3. The highest BCUT2D eigenvalue weighted by Gasteiger charge is 2.07. The van der Waals surface area contributed by atoms with Crippen LogP contribution in [-0.2, 0) is 6.54 Å². The zero-order valence-corrected chi connectivity index (χ0v) is 10.4. The van der Waals surface area contributed by atoms with Crippen LogP contribution < -0.4 is 16.6 Å². The van der Waals surface area contributed by atoms with Crippen LogP contribution in [0, 0.1) is 13.8 Å². The largest absolute Gasteiger partial charge is 0.364 e. The minimum atomic E-state index is 0.613. The maximum atomic E-state index is 5.42. The third-order valence-corrected chi connectivity index (χ3v) is 2.56. The smallest absolute Gasteiger partial charge is 0.148 e. The molecule has 6 heteroatoms. The molecule has 2 heterocycles. The standard InChI is InChI=1S/C12H16N6/c1-8-11(16-9(2)17-12(8)18-13)15-7-10-5-3-4-6-14-10/h3-6H,7,13H2,1-2H3,(H2,15,16,17,18). The third-order valence-electron chi connectivity index (χ3n) is 2.56. The van der Waals surface area contributed by atoms with Crippen molar-refractivity contribution in [3.05, 3.63) is 41.5 Å². The van der Waals surface area contributed by atoms with Crippen molar-refractivity contribution in [1.29, 1.82) is 0 Å². The molecule has 2 aromatic heterocycles. The Balaban J connectivity index is 2.17. The van der Waals surface area contributed by atoms with Crippen LogP contribution in [0.5, 0.6) is 0 Å². The van der Waals surface area contributed by atoms with Crippen LogP contribution in [0.3, 0.4) is 0 Å². The van der Waals surface area contributed by atoms with E-state index in [1.165, 1.54) is 0 Å². The summed E-state index contributed by atoms with van der Waals surface area (Å²) in [6.45, 7) is 4.35. The van der Waals surface area contributed by atoms with Crippen LogP contribution in [0.25, 0.3) is 0 Å². The molecule has 18 heavy (non-hydrogen) atoms. The molecule has 0 saturated heterocycles. The highest BCUT2D eigenvalue weighted by atomic mass is 15.3. The minimum Gasteiger partial charge on any atom is -0.364 e. The molecule has 0 aromatic carbocycles. The predicted molar refractivity (Wildman–Crippen MR) is 70.9 cm³/mol. The van der Waals surface area contributed by atoms with Gasteiger partial charge in [0.15, 0.2) is 0 Å². The number of rotatable bonds is 4. The molecule has 94 valence electrons. The fourth-order valence-corrected chi connectivity index (χ4v) is 1.62. The Labute approximate surface area is 106 Å². The Bertz CT molecular complexity index is 526. The van der Waals surface area contributed by atoms with Gasteiger partial charge in [-0.1, -0.05) is 6.07 Å². The van der Waals surface area contributed by atoms with Crippen LogP contribution in [0.1, 0.15) is 17.1 Å². The van der Waals surface area contributed by atoms with Crippen molar-refractivity contribution >= 4 is 11.6 Å². The molecule has 0 atom stereocenters. The number of pyridine rings is 1. The van der Waals surface area contributed by atoms with E-state index in [4.69, 9.17) is 5.84 Å². The molecule has 0 spiro atoms. The first-order chi connectivity index (χ1) is 8.70. The van der Waals surface area contributed by atoms with Gasteiger partial charge in [0, 0.05) is 11.8 Å². The van der Waals surface area contributed by atoms with Crippen molar-refractivity contribution in [2.75, 3.05) is 10.7 Å². The lowest BCUT2D eigenvalue weighted by Crippen LogP contribution is -2.14. The fourth-order valence-electron chi connectivity index (χ4n) is 1.62. The van der Waals surface area contributed by atoms with Crippen LogP contribution in [-0.4, -0.2) is 15.0 Å². The number of nitrogen functional groups attached to an aromatic ring is 1. The second-order valence-electron chi connectivity index (χ2n) is 3.91. The Morgan fingerprint density at radius 2 is 1.94 bits per heavy atom. The molecule has 0 saturated carbocycles. The second-order valence-corrected chi connectivity index (χ2v) is 3.91. The zero-order chi connectivity index (χ0) is 13.0. The third kappa shape index (κ3) is 2.72. The summed E-state index contributed by atoms with van der Waals surface area (Å²) in [4.78, 5) is 12.8. The Morgan fingerprint density at radius 1 is 1.17 bits per heavy atom. The van der Waals surface area contributed by atoms with E-state index in [-0.39, 0.29) is 0 Å². The van der Waals surface area contributed by atoms with Crippen LogP contribution in [0.2, 0.25) is 0 Å². The van der Waals surface area contributed by atoms with Gasteiger partial charge in [-0.25, -0.2) is 15.8 Å². The van der Waals surface area contributed by atoms with Gasteiger partial charge >= 0.3 is 0 Å². The average Bonchev–Trinajstić information content (AvgIpc) is 2.40. The van der Waals surface area contributed by atoms with E-state index < -0.39 is 0 Å². The van der Waals surface area contributed by atoms with Gasteiger partial charge in [-0.3, -0.25) is 4.98 Å². The number of nitrogens with one attached hydrogen (secondary N) is 2. The normalized spacial score (nSPS) is 10.2. The van der Waals surface area contributed by atoms with E-state index in [0.29, 0.717) is 18.2 Å². The van der Waals surface area contributed by atoms with Crippen molar-refractivity contribution in [3.63, 3.8) is 0 Å². The molecule has 0 aliphatic rings. The van der Waals surface area contributed by atoms with Gasteiger partial charge in [0.1, 0.15) is 17.5 Å². The first-order valence-electron chi connectivity index (χ1n) is 5.66. The van der Waals surface area contributed by atoms with Crippen LogP contribution in [0.15, 0.2) is 24.4 Å². The van der Waals surface area contributed by atoms with Gasteiger partial charge in [0.05, 0.1) is 12.2 Å². The van der Waals surface area contributed by atoms with E-state index in [0.717, 1.165) is 17.1 Å². The highest BCUT2D eigenvalue weighted by molar-refractivity contribution is 5.56. The average molecular weight is 244 g/mol. The second kappa shape index (κ2) is 5.42. The summed E-state index contributed by atoms with van der Waals surface area (Å²) in [7, 11) is 0. The van der Waals surface area contributed by atoms with E-state index in [9.17, 15) is 0 Å². The molecule has 2 rings (SSSR count). The summed E-state index contributed by atoms with van der Waals surface area (Å²) in [5, 5.41) is 3.24. The van der Waals surface area contributed by atoms with Crippen molar-refractivity contribution in [1.82, 2.24) is 15.0 Å². The molecular weight excluding hydrogens is 228 g/mol. The van der Waals surface area contributed by atoms with Gasteiger partial charge in [0.25, 0.3) is 0 Å². The number of aromatic nitrogens is 3. The molecule has 2 aromatic rings. The Morgan fingerprint density at radius 3 is 2.61 bits per heavy atom. The van der Waals surface area contributed by atoms with Crippen molar-refractivity contribution in [2.24, 2.45) is 5.84 Å². The summed E-state index contributed by atoms with van der Waals surface area (Å²) < 4.78 is 0. The van der Waals surface area contributed by atoms with Gasteiger partial charge in [-0.15, -0.1) is 0 Å². The lowest BCUT2D eigenvalue weighted by Gasteiger charge is -2.12. The van der Waals surface area contributed by atoms with Crippen molar-refractivity contribution in [3.8, 4) is 0 Å². The predicted octanol–water partition coefficient (Wildman–Crippen LogP) is 1.39. The highest BCUT2D eigenvalue weighted by Crippen LogP contribution is 2.19. The van der Waals surface area contributed by atoms with Crippen molar-refractivity contribution < 1.29 is 0 Å². The molecule has 4 N–H and O–H groups in total. The summed E-state index contributed by atoms with van der Waals surface area (Å²) >= 11 is 0. The molecular formula is C12H16N6. The van der Waals surface area contributed by atoms with E-state index >= 15 is 0 Å². The number of hydrogen-bond donors (Lipinski definition) is 3. The summed E-state index contributed by atoms with van der Waals surface area (Å²) in [6.07, 6.45) is 1.77. The fraction of sp³-hybridized carbons (Fsp3) is 0.250. The summed E-state index contributed by atoms with van der Waals surface area (Å²) in [6, 6.07) is 5.80. The Hall–Kier alpha value is -2.21. The lowest BCUT2D eigenvalue weighted by atomic mass is 10.3. The van der Waals surface area contributed by atoms with Gasteiger partial charge in [-0.05, 0) is 26.0 Å². The summed E-state index contributed by atoms with van der Waals surface area (Å²) in [5.74, 6) is 7.47. The maximum Gasteiger partial charge on any atom is 0.148 e. The molecule has 0 unspecified atom stereocenters. The zero-order valence-electron chi connectivity index (χ0n) is 10.4. The number of hydrazine groups is 1. The molecule has 0 bridgehead atoms. The summed E-state index contributed by atoms with van der Waals surface area (Å²) in [5.41, 5.74) is 4.41. The topological polar surface area (TPSA) is 88.8 Å². The monoisotopic (exact) mass is 244 g/mol. The molecule has 0 amide bonds. The van der Waals surface area contributed by atoms with E-state index in [1.807, 2.05) is 32.0 Å². The SMILES string of the molecule is Cc1nc(NN)c(C)c(NCc2ccccn2)n1. The van der Waals surface area contributed by atoms with Crippen LogP contribution in [0.4, 0.5) is 11.6 Å². The molecule has 0 aliphatic carbocycles. The van der Waals surface area contributed by atoms with Gasteiger partial charge in [0.2, 0.25) is 0 Å². The molecule has 0 radical (unpaired) electrons. The van der Waals surface area contributed by atoms with Gasteiger partial charge < -0.3 is 10.7 Å². The maximum absolute atomic E-state index is 5.42. The van der Waals surface area contributed by atoms with E-state index in [2.05, 4.69) is 25.7 Å². The van der Waals surface area contributed by atoms with Gasteiger partial charge in [-0.2, -0.15) is 0 Å². The van der Waals surface area contributed by atoms with E-state index in [1.54, 1.807) is 6.20 Å². The number of anilines is 2. The first-order valence-corrected chi connectivity index (χ1v) is 5.66. The number of aryl methyl sites for hydroxylation is 1.